The Morgan fingerprint density at radius 3 is 2.82 bits per heavy atom. The largest absolute Gasteiger partial charge is 0.310 e. The van der Waals surface area contributed by atoms with Gasteiger partial charge in [0.15, 0.2) is 0 Å². The van der Waals surface area contributed by atoms with Crippen molar-refractivity contribution in [1.29, 1.82) is 0 Å². The second-order valence-electron chi connectivity index (χ2n) is 5.32. The highest BCUT2D eigenvalue weighted by Gasteiger charge is 2.31. The first-order valence-corrected chi connectivity index (χ1v) is 6.65. The van der Waals surface area contributed by atoms with E-state index in [0.29, 0.717) is 17.9 Å². The SMILES string of the molecule is CCCNC1c2cc(F)ccc2CC(C)C1C. The molecule has 1 nitrogen and oxygen atoms in total. The van der Waals surface area contributed by atoms with Crippen molar-refractivity contribution in [3.63, 3.8) is 0 Å². The molecule has 2 rings (SSSR count). The maximum Gasteiger partial charge on any atom is 0.123 e. The Morgan fingerprint density at radius 1 is 1.35 bits per heavy atom. The molecule has 1 aromatic rings. The summed E-state index contributed by atoms with van der Waals surface area (Å²) in [4.78, 5) is 0. The van der Waals surface area contributed by atoms with Crippen LogP contribution in [0.25, 0.3) is 0 Å². The van der Waals surface area contributed by atoms with Crippen LogP contribution in [-0.4, -0.2) is 6.54 Å². The molecule has 1 aliphatic carbocycles. The standard InChI is InChI=1S/C15H22FN/c1-4-7-17-15-11(3)10(2)8-12-5-6-13(16)9-14(12)15/h5-6,9-11,15,17H,4,7-8H2,1-3H3. The smallest absolute Gasteiger partial charge is 0.123 e. The predicted octanol–water partition coefficient (Wildman–Crippen LogP) is 3.69. The van der Waals surface area contributed by atoms with Crippen molar-refractivity contribution >= 4 is 0 Å². The van der Waals surface area contributed by atoms with Gasteiger partial charge in [-0.1, -0.05) is 26.8 Å². The summed E-state index contributed by atoms with van der Waals surface area (Å²) < 4.78 is 13.4. The summed E-state index contributed by atoms with van der Waals surface area (Å²) in [6.45, 7) is 7.72. The highest BCUT2D eigenvalue weighted by molar-refractivity contribution is 5.34. The number of hydrogen-bond donors (Lipinski definition) is 1. The molecule has 0 bridgehead atoms. The Balaban J connectivity index is 2.32. The number of rotatable bonds is 3. The second-order valence-corrected chi connectivity index (χ2v) is 5.32. The molecule has 1 aliphatic rings. The average molecular weight is 235 g/mol. The van der Waals surface area contributed by atoms with Crippen LogP contribution in [-0.2, 0) is 6.42 Å². The molecule has 2 heteroatoms. The summed E-state index contributed by atoms with van der Waals surface area (Å²) in [5, 5.41) is 3.57. The molecular formula is C15H22FN. The molecule has 0 saturated heterocycles. The summed E-state index contributed by atoms with van der Waals surface area (Å²) in [7, 11) is 0. The highest BCUT2D eigenvalue weighted by atomic mass is 19.1. The fourth-order valence-electron chi connectivity index (χ4n) is 2.78. The zero-order chi connectivity index (χ0) is 12.4. The van der Waals surface area contributed by atoms with Crippen molar-refractivity contribution in [2.75, 3.05) is 6.54 Å². The van der Waals surface area contributed by atoms with Gasteiger partial charge in [-0.2, -0.15) is 0 Å². The van der Waals surface area contributed by atoms with E-state index >= 15 is 0 Å². The van der Waals surface area contributed by atoms with E-state index in [-0.39, 0.29) is 5.82 Å². The maximum absolute atomic E-state index is 13.4. The van der Waals surface area contributed by atoms with Crippen LogP contribution < -0.4 is 5.32 Å². The van der Waals surface area contributed by atoms with Gasteiger partial charge in [0.2, 0.25) is 0 Å². The molecule has 3 atom stereocenters. The van der Waals surface area contributed by atoms with Gasteiger partial charge >= 0.3 is 0 Å². The fraction of sp³-hybridized carbons (Fsp3) is 0.600. The first kappa shape index (κ1) is 12.6. The van der Waals surface area contributed by atoms with Gasteiger partial charge in [0.25, 0.3) is 0 Å². The van der Waals surface area contributed by atoms with E-state index < -0.39 is 0 Å². The van der Waals surface area contributed by atoms with Crippen molar-refractivity contribution in [2.45, 2.75) is 39.7 Å². The van der Waals surface area contributed by atoms with Crippen LogP contribution >= 0.6 is 0 Å². The molecule has 0 heterocycles. The van der Waals surface area contributed by atoms with E-state index in [1.54, 1.807) is 12.1 Å². The number of fused-ring (bicyclic) bond motifs is 1. The van der Waals surface area contributed by atoms with Gasteiger partial charge in [-0.05, 0) is 54.5 Å². The first-order chi connectivity index (χ1) is 8.13. The quantitative estimate of drug-likeness (QED) is 0.842. The van der Waals surface area contributed by atoms with E-state index in [4.69, 9.17) is 0 Å². The topological polar surface area (TPSA) is 12.0 Å². The van der Waals surface area contributed by atoms with Crippen LogP contribution in [0.2, 0.25) is 0 Å². The third-order valence-electron chi connectivity index (χ3n) is 4.02. The third kappa shape index (κ3) is 2.52. The predicted molar refractivity (Wildman–Crippen MR) is 69.5 cm³/mol. The Kier molecular flexibility index (Phi) is 3.82. The molecule has 94 valence electrons. The molecule has 0 saturated carbocycles. The van der Waals surface area contributed by atoms with Crippen LogP contribution in [0.1, 0.15) is 44.4 Å². The van der Waals surface area contributed by atoms with E-state index in [1.165, 1.54) is 11.1 Å². The molecule has 17 heavy (non-hydrogen) atoms. The monoisotopic (exact) mass is 235 g/mol. The number of hydrogen-bond acceptors (Lipinski definition) is 1. The van der Waals surface area contributed by atoms with Crippen molar-refractivity contribution in [3.05, 3.63) is 35.1 Å². The van der Waals surface area contributed by atoms with Gasteiger partial charge in [-0.3, -0.25) is 0 Å². The van der Waals surface area contributed by atoms with Crippen LogP contribution in [0.5, 0.6) is 0 Å². The summed E-state index contributed by atoms with van der Waals surface area (Å²) in [5.74, 6) is 1.10. The Hall–Kier alpha value is -0.890. The Morgan fingerprint density at radius 2 is 2.12 bits per heavy atom. The van der Waals surface area contributed by atoms with Crippen LogP contribution in [0, 0.1) is 17.7 Å². The van der Waals surface area contributed by atoms with E-state index in [2.05, 4.69) is 26.1 Å². The molecule has 0 radical (unpaired) electrons. The number of halogens is 1. The molecule has 0 fully saturated rings. The second kappa shape index (κ2) is 5.18. The molecule has 0 spiro atoms. The molecular weight excluding hydrogens is 213 g/mol. The minimum Gasteiger partial charge on any atom is -0.310 e. The summed E-state index contributed by atoms with van der Waals surface area (Å²) >= 11 is 0. The third-order valence-corrected chi connectivity index (χ3v) is 4.02. The fourth-order valence-corrected chi connectivity index (χ4v) is 2.78. The molecule has 0 aliphatic heterocycles. The summed E-state index contributed by atoms with van der Waals surface area (Å²) in [6.07, 6.45) is 2.18. The van der Waals surface area contributed by atoms with Gasteiger partial charge in [-0.15, -0.1) is 0 Å². The van der Waals surface area contributed by atoms with E-state index in [9.17, 15) is 4.39 Å². The minimum atomic E-state index is -0.117. The summed E-state index contributed by atoms with van der Waals surface area (Å²) in [6, 6.07) is 5.56. The van der Waals surface area contributed by atoms with Crippen molar-refractivity contribution in [2.24, 2.45) is 11.8 Å². The van der Waals surface area contributed by atoms with Crippen molar-refractivity contribution in [1.82, 2.24) is 5.32 Å². The van der Waals surface area contributed by atoms with Gasteiger partial charge < -0.3 is 5.32 Å². The molecule has 1 N–H and O–H groups in total. The van der Waals surface area contributed by atoms with Crippen molar-refractivity contribution in [3.8, 4) is 0 Å². The van der Waals surface area contributed by atoms with E-state index in [0.717, 1.165) is 19.4 Å². The molecule has 0 amide bonds. The normalized spacial score (nSPS) is 27.9. The number of nitrogens with one attached hydrogen (secondary N) is 1. The zero-order valence-electron chi connectivity index (χ0n) is 11.0. The van der Waals surface area contributed by atoms with Gasteiger partial charge in [0, 0.05) is 6.04 Å². The lowest BCUT2D eigenvalue weighted by atomic mass is 9.74. The Bertz CT molecular complexity index is 389. The highest BCUT2D eigenvalue weighted by Crippen LogP contribution is 2.37. The average Bonchev–Trinajstić information content (AvgIpc) is 2.31. The van der Waals surface area contributed by atoms with Crippen molar-refractivity contribution < 1.29 is 4.39 Å². The van der Waals surface area contributed by atoms with Crippen LogP contribution in [0.3, 0.4) is 0 Å². The number of benzene rings is 1. The maximum atomic E-state index is 13.4. The molecule has 0 aromatic heterocycles. The van der Waals surface area contributed by atoms with Gasteiger partial charge in [0.05, 0.1) is 0 Å². The van der Waals surface area contributed by atoms with Crippen LogP contribution in [0.4, 0.5) is 4.39 Å². The van der Waals surface area contributed by atoms with Gasteiger partial charge in [-0.25, -0.2) is 4.39 Å². The lowest BCUT2D eigenvalue weighted by molar-refractivity contribution is 0.263. The molecule has 1 aromatic carbocycles. The molecule has 3 unspecified atom stereocenters. The Labute approximate surface area is 103 Å². The lowest BCUT2D eigenvalue weighted by Gasteiger charge is -2.36. The lowest BCUT2D eigenvalue weighted by Crippen LogP contribution is -2.35. The summed E-state index contributed by atoms with van der Waals surface area (Å²) in [5.41, 5.74) is 2.48. The zero-order valence-corrected chi connectivity index (χ0v) is 11.0. The van der Waals surface area contributed by atoms with Crippen LogP contribution in [0.15, 0.2) is 18.2 Å². The first-order valence-electron chi connectivity index (χ1n) is 6.65. The minimum absolute atomic E-state index is 0.117. The van der Waals surface area contributed by atoms with E-state index in [1.807, 2.05) is 6.07 Å². The van der Waals surface area contributed by atoms with Gasteiger partial charge in [0.1, 0.15) is 5.82 Å².